The molecule has 2 N–H and O–H groups in total. The van der Waals surface area contributed by atoms with Gasteiger partial charge in [0.15, 0.2) is 5.82 Å². The minimum Gasteiger partial charge on any atom is -0.494 e. The average Bonchev–Trinajstić information content (AvgIpc) is 2.91. The summed E-state index contributed by atoms with van der Waals surface area (Å²) in [6, 6.07) is 10.9. The molecular weight excluding hydrogens is 286 g/mol. The Morgan fingerprint density at radius 2 is 2.00 bits per heavy atom. The van der Waals surface area contributed by atoms with Crippen LogP contribution in [0.5, 0.6) is 5.75 Å². The molecule has 0 spiro atoms. The molecule has 22 heavy (non-hydrogen) atoms. The van der Waals surface area contributed by atoms with Gasteiger partial charge in [0.1, 0.15) is 12.3 Å². The quantitative estimate of drug-likeness (QED) is 0.725. The summed E-state index contributed by atoms with van der Waals surface area (Å²) >= 11 is 0. The van der Waals surface area contributed by atoms with Gasteiger partial charge in [-0.1, -0.05) is 18.2 Å². The Kier molecular flexibility index (Phi) is 5.53. The number of ether oxygens (including phenoxy) is 1. The number of carbonyl (C=O) groups excluding carboxylic acids is 1. The number of hydrogen-bond donors (Lipinski definition) is 2. The van der Waals surface area contributed by atoms with Crippen molar-refractivity contribution in [1.29, 1.82) is 0 Å². The Morgan fingerprint density at radius 1 is 1.23 bits per heavy atom. The minimum absolute atomic E-state index is 0.183. The first-order valence-corrected chi connectivity index (χ1v) is 6.86. The molecule has 0 fully saturated rings. The van der Waals surface area contributed by atoms with E-state index in [1.807, 2.05) is 30.3 Å². The highest BCUT2D eigenvalue weighted by Crippen LogP contribution is 2.09. The molecule has 1 heterocycles. The molecule has 0 saturated heterocycles. The number of nitrogens with zero attached hydrogens (tertiary/aromatic N) is 2. The zero-order chi connectivity index (χ0) is 15.8. The Morgan fingerprint density at radius 3 is 2.73 bits per heavy atom. The molecule has 0 atom stereocenters. The van der Waals surface area contributed by atoms with Gasteiger partial charge in [0.25, 0.3) is 0 Å². The molecule has 0 unspecified atom stereocenters. The number of carbonyl (C=O) groups is 2. The number of amides is 1. The zero-order valence-corrected chi connectivity index (χ0v) is 11.9. The molecule has 7 heteroatoms. The van der Waals surface area contributed by atoms with Crippen LogP contribution < -0.4 is 10.1 Å². The highest BCUT2D eigenvalue weighted by atomic mass is 16.5. The van der Waals surface area contributed by atoms with Crippen LogP contribution in [0.25, 0.3) is 0 Å². The van der Waals surface area contributed by atoms with E-state index < -0.39 is 5.97 Å². The summed E-state index contributed by atoms with van der Waals surface area (Å²) < 4.78 is 6.74. The van der Waals surface area contributed by atoms with Gasteiger partial charge < -0.3 is 15.2 Å². The van der Waals surface area contributed by atoms with Gasteiger partial charge in [0, 0.05) is 18.7 Å². The predicted molar refractivity (Wildman–Crippen MR) is 79.7 cm³/mol. The summed E-state index contributed by atoms with van der Waals surface area (Å²) in [6.45, 7) is 0.214. The fourth-order valence-corrected chi connectivity index (χ4v) is 1.80. The van der Waals surface area contributed by atoms with Crippen LogP contribution in [-0.2, 0) is 16.1 Å². The molecule has 0 bridgehead atoms. The molecule has 0 aliphatic heterocycles. The molecule has 1 aromatic heterocycles. The number of anilines is 1. The molecule has 0 saturated carbocycles. The lowest BCUT2D eigenvalue weighted by Gasteiger charge is -2.05. The van der Waals surface area contributed by atoms with Gasteiger partial charge in [0.05, 0.1) is 6.61 Å². The SMILES string of the molecule is O=C(O)Cn1ccc(NC(=O)CCCOc2ccccc2)n1. The number of hydrogen-bond acceptors (Lipinski definition) is 4. The third kappa shape index (κ3) is 5.28. The molecule has 2 aromatic rings. The largest absolute Gasteiger partial charge is 0.494 e. The van der Waals surface area contributed by atoms with E-state index in [1.54, 1.807) is 6.07 Å². The first kappa shape index (κ1) is 15.6. The number of aromatic nitrogens is 2. The topological polar surface area (TPSA) is 93.5 Å². The van der Waals surface area contributed by atoms with Crippen molar-refractivity contribution in [3.63, 3.8) is 0 Å². The van der Waals surface area contributed by atoms with Crippen LogP contribution in [0.15, 0.2) is 42.6 Å². The molecule has 0 aliphatic carbocycles. The predicted octanol–water partition coefficient (Wildman–Crippen LogP) is 1.77. The fraction of sp³-hybridized carbons (Fsp3) is 0.267. The highest BCUT2D eigenvalue weighted by Gasteiger charge is 2.06. The van der Waals surface area contributed by atoms with Crippen molar-refractivity contribution in [2.75, 3.05) is 11.9 Å². The normalized spacial score (nSPS) is 10.2. The van der Waals surface area contributed by atoms with Crippen molar-refractivity contribution in [1.82, 2.24) is 9.78 Å². The monoisotopic (exact) mass is 303 g/mol. The zero-order valence-electron chi connectivity index (χ0n) is 11.9. The van der Waals surface area contributed by atoms with E-state index in [-0.39, 0.29) is 12.5 Å². The molecule has 2 rings (SSSR count). The second-order valence-corrected chi connectivity index (χ2v) is 4.61. The molecule has 116 valence electrons. The van der Waals surface area contributed by atoms with E-state index in [9.17, 15) is 9.59 Å². The smallest absolute Gasteiger partial charge is 0.325 e. The van der Waals surface area contributed by atoms with Gasteiger partial charge >= 0.3 is 5.97 Å². The summed E-state index contributed by atoms with van der Waals surface area (Å²) in [5.74, 6) is -0.0539. The first-order chi connectivity index (χ1) is 10.6. The molecule has 0 aliphatic rings. The second-order valence-electron chi connectivity index (χ2n) is 4.61. The van der Waals surface area contributed by atoms with Crippen molar-refractivity contribution in [2.24, 2.45) is 0 Å². The second kappa shape index (κ2) is 7.82. The summed E-state index contributed by atoms with van der Waals surface area (Å²) in [4.78, 5) is 22.3. The number of rotatable bonds is 8. The van der Waals surface area contributed by atoms with E-state index in [4.69, 9.17) is 9.84 Å². The van der Waals surface area contributed by atoms with Crippen LogP contribution in [-0.4, -0.2) is 33.4 Å². The van der Waals surface area contributed by atoms with Gasteiger partial charge in [-0.3, -0.25) is 14.3 Å². The van der Waals surface area contributed by atoms with Crippen LogP contribution in [0.2, 0.25) is 0 Å². The lowest BCUT2D eigenvalue weighted by molar-refractivity contribution is -0.137. The van der Waals surface area contributed by atoms with Crippen molar-refractivity contribution in [3.05, 3.63) is 42.6 Å². The summed E-state index contributed by atoms with van der Waals surface area (Å²) in [5, 5.41) is 15.2. The van der Waals surface area contributed by atoms with E-state index >= 15 is 0 Å². The van der Waals surface area contributed by atoms with Gasteiger partial charge in [-0.2, -0.15) is 5.10 Å². The van der Waals surface area contributed by atoms with E-state index in [0.717, 1.165) is 5.75 Å². The maximum absolute atomic E-state index is 11.7. The van der Waals surface area contributed by atoms with Crippen LogP contribution in [0.3, 0.4) is 0 Å². The Hall–Kier alpha value is -2.83. The molecule has 1 aromatic carbocycles. The van der Waals surface area contributed by atoms with Crippen LogP contribution >= 0.6 is 0 Å². The number of aliphatic carboxylic acids is 1. The maximum atomic E-state index is 11.7. The molecular formula is C15H17N3O4. The van der Waals surface area contributed by atoms with E-state index in [1.165, 1.54) is 10.9 Å². The first-order valence-electron chi connectivity index (χ1n) is 6.86. The standard InChI is InChI=1S/C15H17N3O4/c19-14(7-4-10-22-12-5-2-1-3-6-12)16-13-8-9-18(17-13)11-15(20)21/h1-3,5-6,8-9H,4,7,10-11H2,(H,20,21)(H,16,17,19). The molecule has 0 radical (unpaired) electrons. The Bertz CT molecular complexity index is 625. The van der Waals surface area contributed by atoms with Gasteiger partial charge in [-0.15, -0.1) is 0 Å². The minimum atomic E-state index is -0.987. The number of benzene rings is 1. The highest BCUT2D eigenvalue weighted by molar-refractivity contribution is 5.89. The summed E-state index contributed by atoms with van der Waals surface area (Å²) in [5.41, 5.74) is 0. The van der Waals surface area contributed by atoms with Crippen molar-refractivity contribution in [2.45, 2.75) is 19.4 Å². The van der Waals surface area contributed by atoms with Crippen LogP contribution in [0.1, 0.15) is 12.8 Å². The number of carboxylic acids is 1. The van der Waals surface area contributed by atoms with E-state index in [0.29, 0.717) is 25.3 Å². The van der Waals surface area contributed by atoms with Crippen molar-refractivity contribution >= 4 is 17.7 Å². The maximum Gasteiger partial charge on any atom is 0.325 e. The van der Waals surface area contributed by atoms with Crippen molar-refractivity contribution in [3.8, 4) is 5.75 Å². The number of nitrogens with one attached hydrogen (secondary N) is 1. The Balaban J connectivity index is 1.67. The van der Waals surface area contributed by atoms with Gasteiger partial charge in [0.2, 0.25) is 5.91 Å². The van der Waals surface area contributed by atoms with Gasteiger partial charge in [-0.25, -0.2) is 0 Å². The third-order valence-corrected chi connectivity index (χ3v) is 2.77. The number of para-hydroxylation sites is 1. The lowest BCUT2D eigenvalue weighted by Crippen LogP contribution is -2.14. The van der Waals surface area contributed by atoms with Crippen LogP contribution in [0, 0.1) is 0 Å². The summed E-state index contributed by atoms with van der Waals surface area (Å²) in [6.07, 6.45) is 2.39. The average molecular weight is 303 g/mol. The molecule has 1 amide bonds. The van der Waals surface area contributed by atoms with Crippen LogP contribution in [0.4, 0.5) is 5.82 Å². The molecule has 7 nitrogen and oxygen atoms in total. The number of carboxylic acid groups (broad SMARTS) is 1. The fourth-order valence-electron chi connectivity index (χ4n) is 1.80. The van der Waals surface area contributed by atoms with E-state index in [2.05, 4.69) is 10.4 Å². The third-order valence-electron chi connectivity index (χ3n) is 2.77. The van der Waals surface area contributed by atoms with Crippen molar-refractivity contribution < 1.29 is 19.4 Å². The Labute approximate surface area is 127 Å². The lowest BCUT2D eigenvalue weighted by atomic mass is 10.3. The summed E-state index contributed by atoms with van der Waals surface area (Å²) in [7, 11) is 0. The van der Waals surface area contributed by atoms with Gasteiger partial charge in [-0.05, 0) is 18.6 Å².